The maximum Gasteiger partial charge on any atom is 0.269 e. The van der Waals surface area contributed by atoms with Crippen molar-refractivity contribution in [1.29, 1.82) is 0 Å². The van der Waals surface area contributed by atoms with Crippen molar-refractivity contribution < 1.29 is 9.59 Å². The Labute approximate surface area is 139 Å². The van der Waals surface area contributed by atoms with Gasteiger partial charge in [-0.1, -0.05) is 44.0 Å². The zero-order valence-corrected chi connectivity index (χ0v) is 14.1. The number of hydrazine groups is 1. The number of benzene rings is 1. The highest BCUT2D eigenvalue weighted by molar-refractivity contribution is 9.12. The van der Waals surface area contributed by atoms with Gasteiger partial charge in [0, 0.05) is 20.1 Å². The number of halogens is 2. The molecule has 1 aromatic carbocycles. The Morgan fingerprint density at radius 1 is 0.905 bits per heavy atom. The van der Waals surface area contributed by atoms with Crippen molar-refractivity contribution in [2.24, 2.45) is 0 Å². The second-order valence-electron chi connectivity index (χ2n) is 4.23. The van der Waals surface area contributed by atoms with E-state index in [1.165, 1.54) is 0 Å². The molecule has 0 saturated heterocycles. The molecule has 6 heteroatoms. The van der Waals surface area contributed by atoms with Crippen molar-refractivity contribution in [3.8, 4) is 0 Å². The zero-order chi connectivity index (χ0) is 15.2. The summed E-state index contributed by atoms with van der Waals surface area (Å²) in [6.45, 7) is 0. The topological polar surface area (TPSA) is 58.2 Å². The summed E-state index contributed by atoms with van der Waals surface area (Å²) >= 11 is 6.64. The van der Waals surface area contributed by atoms with Crippen LogP contribution in [0.25, 0.3) is 0 Å². The second-order valence-corrected chi connectivity index (χ2v) is 6.06. The van der Waals surface area contributed by atoms with Crippen molar-refractivity contribution in [2.75, 3.05) is 0 Å². The van der Waals surface area contributed by atoms with Gasteiger partial charge in [0.15, 0.2) is 0 Å². The monoisotopic (exact) mass is 410 g/mol. The molecule has 2 amide bonds. The summed E-state index contributed by atoms with van der Waals surface area (Å²) in [6, 6.07) is 6.85. The Hall–Kier alpha value is -1.66. The molecule has 0 spiro atoms. The van der Waals surface area contributed by atoms with Gasteiger partial charge in [-0.15, -0.1) is 0 Å². The highest BCUT2D eigenvalue weighted by Gasteiger charge is 2.10. The highest BCUT2D eigenvalue weighted by Crippen LogP contribution is 2.15. The fourth-order valence-corrected chi connectivity index (χ4v) is 2.21. The summed E-state index contributed by atoms with van der Waals surface area (Å²) < 4.78 is 1.80. The summed E-state index contributed by atoms with van der Waals surface area (Å²) in [4.78, 5) is 23.8. The summed E-state index contributed by atoms with van der Waals surface area (Å²) in [5.74, 6) is -0.722. The maximum atomic E-state index is 12.0. The molecule has 0 unspecified atom stereocenters. The van der Waals surface area contributed by atoms with E-state index in [4.69, 9.17) is 0 Å². The van der Waals surface area contributed by atoms with E-state index in [0.717, 1.165) is 8.96 Å². The van der Waals surface area contributed by atoms with E-state index in [9.17, 15) is 9.59 Å². The van der Waals surface area contributed by atoms with Crippen molar-refractivity contribution in [3.05, 3.63) is 68.7 Å². The fraction of sp³-hybridized carbons (Fsp3) is 0.0667. The number of carbonyl (C=O) groups excluding carboxylic acids is 2. The molecule has 0 fully saturated rings. The molecule has 2 N–H and O–H groups in total. The largest absolute Gasteiger partial charge is 0.269 e. The second kappa shape index (κ2) is 7.38. The van der Waals surface area contributed by atoms with Crippen LogP contribution in [0.1, 0.15) is 16.8 Å². The summed E-state index contributed by atoms with van der Waals surface area (Å²) in [6.07, 6.45) is 7.85. The third kappa shape index (κ3) is 4.68. The van der Waals surface area contributed by atoms with E-state index in [0.29, 0.717) is 17.6 Å². The predicted molar refractivity (Wildman–Crippen MR) is 88.6 cm³/mol. The Balaban J connectivity index is 1.92. The molecule has 0 atom stereocenters. The zero-order valence-electron chi connectivity index (χ0n) is 10.9. The summed E-state index contributed by atoms with van der Waals surface area (Å²) in [5.41, 5.74) is 5.75. The normalized spacial score (nSPS) is 13.8. The lowest BCUT2D eigenvalue weighted by Gasteiger charge is -2.07. The molecular formula is C15H12Br2N2O2. The number of rotatable bonds is 2. The lowest BCUT2D eigenvalue weighted by Crippen LogP contribution is -2.42. The fourth-order valence-electron chi connectivity index (χ4n) is 1.63. The van der Waals surface area contributed by atoms with E-state index < -0.39 is 0 Å². The number of hydrogen-bond donors (Lipinski definition) is 2. The van der Waals surface area contributed by atoms with E-state index >= 15 is 0 Å². The first kappa shape index (κ1) is 15.7. The van der Waals surface area contributed by atoms with E-state index in [1.54, 1.807) is 42.5 Å². The smallest absolute Gasteiger partial charge is 0.267 e. The Bertz CT molecular complexity index is 646. The van der Waals surface area contributed by atoms with Crippen molar-refractivity contribution >= 4 is 43.7 Å². The van der Waals surface area contributed by atoms with Gasteiger partial charge in [0.25, 0.3) is 11.8 Å². The van der Waals surface area contributed by atoms with Crippen molar-refractivity contribution in [3.63, 3.8) is 0 Å². The van der Waals surface area contributed by atoms with Gasteiger partial charge in [-0.05, 0) is 42.8 Å². The third-order valence-corrected chi connectivity index (χ3v) is 3.85. The maximum absolute atomic E-state index is 12.0. The van der Waals surface area contributed by atoms with Crippen LogP contribution in [0.4, 0.5) is 0 Å². The average Bonchev–Trinajstić information content (AvgIpc) is 2.70. The molecule has 1 aliphatic rings. The highest BCUT2D eigenvalue weighted by atomic mass is 79.9. The molecular weight excluding hydrogens is 400 g/mol. The van der Waals surface area contributed by atoms with Gasteiger partial charge in [0.1, 0.15) is 0 Å². The molecule has 2 rings (SSSR count). The van der Waals surface area contributed by atoms with Crippen LogP contribution >= 0.6 is 31.9 Å². The lowest BCUT2D eigenvalue weighted by molar-refractivity contribution is -0.117. The molecule has 0 aliphatic heterocycles. The van der Waals surface area contributed by atoms with E-state index in [2.05, 4.69) is 42.7 Å². The third-order valence-electron chi connectivity index (χ3n) is 2.73. The van der Waals surface area contributed by atoms with Crippen LogP contribution in [-0.4, -0.2) is 11.8 Å². The quantitative estimate of drug-likeness (QED) is 0.733. The first-order valence-corrected chi connectivity index (χ1v) is 7.75. The minimum atomic E-state index is -0.367. The van der Waals surface area contributed by atoms with Gasteiger partial charge in [-0.25, -0.2) is 0 Å². The van der Waals surface area contributed by atoms with Crippen LogP contribution in [0.5, 0.6) is 0 Å². The van der Waals surface area contributed by atoms with E-state index in [-0.39, 0.29) is 11.8 Å². The molecule has 108 valence electrons. The van der Waals surface area contributed by atoms with Gasteiger partial charge < -0.3 is 0 Å². The van der Waals surface area contributed by atoms with Crippen LogP contribution in [0.15, 0.2) is 63.1 Å². The van der Waals surface area contributed by atoms with Crippen LogP contribution in [0, 0.1) is 0 Å². The molecule has 1 aliphatic carbocycles. The van der Waals surface area contributed by atoms with Crippen molar-refractivity contribution in [1.82, 2.24) is 10.9 Å². The lowest BCUT2D eigenvalue weighted by atomic mass is 10.2. The van der Waals surface area contributed by atoms with E-state index in [1.807, 2.05) is 6.08 Å². The van der Waals surface area contributed by atoms with Crippen LogP contribution in [0.3, 0.4) is 0 Å². The van der Waals surface area contributed by atoms with Gasteiger partial charge in [-0.3, -0.25) is 20.4 Å². The molecule has 0 saturated carbocycles. The number of amides is 2. The SMILES string of the molecule is O=C(NNC(=O)c1ccc(Br)cc1)C1=CCC=C(Br)C=C1. The van der Waals surface area contributed by atoms with Crippen LogP contribution < -0.4 is 10.9 Å². The van der Waals surface area contributed by atoms with Gasteiger partial charge >= 0.3 is 0 Å². The predicted octanol–water partition coefficient (Wildman–Crippen LogP) is 3.38. The van der Waals surface area contributed by atoms with Crippen molar-refractivity contribution in [2.45, 2.75) is 6.42 Å². The van der Waals surface area contributed by atoms with Gasteiger partial charge in [-0.2, -0.15) is 0 Å². The molecule has 4 nitrogen and oxygen atoms in total. The number of allylic oxidation sites excluding steroid dienone is 4. The average molecular weight is 412 g/mol. The minimum absolute atomic E-state index is 0.354. The minimum Gasteiger partial charge on any atom is -0.267 e. The molecule has 0 bridgehead atoms. The molecule has 0 heterocycles. The molecule has 1 aromatic rings. The van der Waals surface area contributed by atoms with Gasteiger partial charge in [0.05, 0.1) is 0 Å². The Morgan fingerprint density at radius 3 is 2.29 bits per heavy atom. The number of nitrogens with one attached hydrogen (secondary N) is 2. The number of carbonyl (C=O) groups is 2. The van der Waals surface area contributed by atoms with Crippen LogP contribution in [0.2, 0.25) is 0 Å². The first-order valence-electron chi connectivity index (χ1n) is 6.16. The summed E-state index contributed by atoms with van der Waals surface area (Å²) in [7, 11) is 0. The Morgan fingerprint density at radius 2 is 1.57 bits per heavy atom. The standard InChI is InChI=1S/C15H12Br2N2O2/c16-12-3-1-2-10(4-7-12)14(20)18-19-15(21)11-5-8-13(17)9-6-11/h2-9H,1H2,(H,18,20)(H,19,21). The number of hydrogen-bond acceptors (Lipinski definition) is 2. The first-order chi connectivity index (χ1) is 10.1. The van der Waals surface area contributed by atoms with Crippen LogP contribution in [-0.2, 0) is 4.79 Å². The molecule has 0 radical (unpaired) electrons. The van der Waals surface area contributed by atoms with Gasteiger partial charge in [0.2, 0.25) is 0 Å². The Kier molecular flexibility index (Phi) is 5.52. The summed E-state index contributed by atoms with van der Waals surface area (Å²) in [5, 5.41) is 0. The molecule has 0 aromatic heterocycles. The molecule has 21 heavy (non-hydrogen) atoms.